The highest BCUT2D eigenvalue weighted by Gasteiger charge is 2.31. The molecule has 1 unspecified atom stereocenters. The predicted octanol–water partition coefficient (Wildman–Crippen LogP) is 5.84. The smallest absolute Gasteiger partial charge is 0.416 e. The molecule has 9 nitrogen and oxygen atoms in total. The minimum absolute atomic E-state index is 0.115. The number of rotatable bonds is 5. The molecule has 1 atom stereocenters. The third kappa shape index (κ3) is 5.24. The maximum Gasteiger partial charge on any atom is 0.416 e. The molecule has 0 spiro atoms. The number of ether oxygens (including phenoxy) is 2. The number of aryl methyl sites for hydroxylation is 1. The van der Waals surface area contributed by atoms with Crippen LogP contribution in [-0.2, 0) is 10.9 Å². The molecule has 5 rings (SSSR count). The lowest BCUT2D eigenvalue weighted by atomic mass is 10.1. The number of hydrogen-bond donors (Lipinski definition) is 1. The van der Waals surface area contributed by atoms with Crippen molar-refractivity contribution in [1.29, 1.82) is 0 Å². The first kappa shape index (κ1) is 24.6. The van der Waals surface area contributed by atoms with Crippen LogP contribution in [0.25, 0.3) is 0 Å². The monoisotopic (exact) mass is 512 g/mol. The zero-order valence-electron chi connectivity index (χ0n) is 20.0. The van der Waals surface area contributed by atoms with Gasteiger partial charge in [0, 0.05) is 30.4 Å². The van der Waals surface area contributed by atoms with Gasteiger partial charge in [0.2, 0.25) is 5.95 Å². The van der Waals surface area contributed by atoms with E-state index >= 15 is 0 Å². The van der Waals surface area contributed by atoms with Crippen LogP contribution in [0, 0.1) is 6.92 Å². The number of aromatic nitrogens is 2. The summed E-state index contributed by atoms with van der Waals surface area (Å²) >= 11 is 0. The fourth-order valence-corrected chi connectivity index (χ4v) is 3.93. The third-order valence-electron chi connectivity index (χ3n) is 5.99. The highest BCUT2D eigenvalue weighted by atomic mass is 19.4. The Balaban J connectivity index is 1.41. The van der Waals surface area contributed by atoms with Crippen molar-refractivity contribution in [3.05, 3.63) is 64.8 Å². The average molecular weight is 512 g/mol. The van der Waals surface area contributed by atoms with Crippen LogP contribution in [0.5, 0.6) is 11.6 Å². The molecule has 1 fully saturated rings. The standard InChI is InChI=1S/C25H23F3N6O3/c1-14-6-7-18(29-22(35)16-4-3-5-17(12-16)25(26,27)28)13-19(14)37-23-21-20(15(2)32-33-21)30-24(31-23)34-8-10-36-11-9-34/h3-7,12-13,15H,8-11H2,1-2H3,(H,29,35). The minimum Gasteiger partial charge on any atom is -0.436 e. The van der Waals surface area contributed by atoms with E-state index in [9.17, 15) is 18.0 Å². The van der Waals surface area contributed by atoms with Crippen LogP contribution in [0.2, 0.25) is 0 Å². The Morgan fingerprint density at radius 3 is 2.68 bits per heavy atom. The van der Waals surface area contributed by atoms with E-state index in [1.807, 2.05) is 18.7 Å². The van der Waals surface area contributed by atoms with Gasteiger partial charge in [-0.25, -0.2) is 4.98 Å². The lowest BCUT2D eigenvalue weighted by Crippen LogP contribution is -2.37. The van der Waals surface area contributed by atoms with E-state index in [0.29, 0.717) is 55.1 Å². The first-order valence-corrected chi connectivity index (χ1v) is 11.6. The molecule has 12 heteroatoms. The van der Waals surface area contributed by atoms with E-state index in [0.717, 1.165) is 17.7 Å². The van der Waals surface area contributed by atoms with Gasteiger partial charge in [0.05, 0.1) is 18.8 Å². The number of nitrogens with zero attached hydrogens (tertiary/aromatic N) is 5. The minimum atomic E-state index is -4.55. The van der Waals surface area contributed by atoms with Crippen LogP contribution >= 0.6 is 0 Å². The average Bonchev–Trinajstić information content (AvgIpc) is 3.27. The molecule has 2 aliphatic rings. The molecular formula is C25H23F3N6O3. The molecule has 1 N–H and O–H groups in total. The number of amides is 1. The second-order valence-electron chi connectivity index (χ2n) is 8.67. The number of carbonyl (C=O) groups is 1. The van der Waals surface area contributed by atoms with E-state index in [1.54, 1.807) is 18.2 Å². The lowest BCUT2D eigenvalue weighted by Gasteiger charge is -2.27. The SMILES string of the molecule is Cc1ccc(NC(=O)c2cccc(C(F)(F)F)c2)cc1Oc1nc(N2CCOCC2)nc2c1N=NC2C. The van der Waals surface area contributed by atoms with Crippen molar-refractivity contribution in [1.82, 2.24) is 9.97 Å². The molecular weight excluding hydrogens is 489 g/mol. The molecule has 3 heterocycles. The zero-order chi connectivity index (χ0) is 26.2. The van der Waals surface area contributed by atoms with Crippen LogP contribution in [0.4, 0.5) is 30.5 Å². The highest BCUT2D eigenvalue weighted by Crippen LogP contribution is 2.43. The molecule has 37 heavy (non-hydrogen) atoms. The molecule has 3 aromatic rings. The Morgan fingerprint density at radius 1 is 1.14 bits per heavy atom. The van der Waals surface area contributed by atoms with Gasteiger partial charge in [-0.05, 0) is 43.7 Å². The van der Waals surface area contributed by atoms with Crippen molar-refractivity contribution in [2.45, 2.75) is 26.1 Å². The molecule has 1 saturated heterocycles. The molecule has 0 bridgehead atoms. The number of azo groups is 1. The topological polar surface area (TPSA) is 101 Å². The second-order valence-corrected chi connectivity index (χ2v) is 8.67. The first-order valence-electron chi connectivity index (χ1n) is 11.6. The van der Waals surface area contributed by atoms with Crippen LogP contribution in [0.15, 0.2) is 52.7 Å². The Kier molecular flexibility index (Phi) is 6.50. The summed E-state index contributed by atoms with van der Waals surface area (Å²) in [7, 11) is 0. The number of nitrogens with one attached hydrogen (secondary N) is 1. The highest BCUT2D eigenvalue weighted by molar-refractivity contribution is 6.04. The van der Waals surface area contributed by atoms with E-state index in [1.165, 1.54) is 12.1 Å². The fourth-order valence-electron chi connectivity index (χ4n) is 3.93. The summed E-state index contributed by atoms with van der Waals surface area (Å²) in [6, 6.07) is 8.93. The quantitative estimate of drug-likeness (QED) is 0.461. The molecule has 1 aromatic heterocycles. The lowest BCUT2D eigenvalue weighted by molar-refractivity contribution is -0.137. The van der Waals surface area contributed by atoms with Crippen molar-refractivity contribution in [2.24, 2.45) is 10.2 Å². The number of anilines is 2. The molecule has 0 radical (unpaired) electrons. The van der Waals surface area contributed by atoms with Crippen molar-refractivity contribution in [3.63, 3.8) is 0 Å². The van der Waals surface area contributed by atoms with Crippen molar-refractivity contribution in [2.75, 3.05) is 36.5 Å². The fraction of sp³-hybridized carbons (Fsp3) is 0.320. The number of halogens is 3. The molecule has 192 valence electrons. The maximum atomic E-state index is 13.0. The van der Waals surface area contributed by atoms with E-state index in [4.69, 9.17) is 9.47 Å². The van der Waals surface area contributed by atoms with Crippen molar-refractivity contribution < 1.29 is 27.4 Å². The number of fused-ring (bicyclic) bond motifs is 1. The third-order valence-corrected chi connectivity index (χ3v) is 5.99. The van der Waals surface area contributed by atoms with E-state index in [2.05, 4.69) is 25.5 Å². The van der Waals surface area contributed by atoms with E-state index < -0.39 is 17.6 Å². The second kappa shape index (κ2) is 9.77. The molecule has 0 aliphatic carbocycles. The first-order chi connectivity index (χ1) is 17.7. The van der Waals surface area contributed by atoms with Gasteiger partial charge in [-0.2, -0.15) is 23.3 Å². The van der Waals surface area contributed by atoms with Crippen molar-refractivity contribution >= 4 is 23.2 Å². The predicted molar refractivity (Wildman–Crippen MR) is 129 cm³/mol. The van der Waals surface area contributed by atoms with Crippen LogP contribution in [0.1, 0.15) is 40.1 Å². The van der Waals surface area contributed by atoms with Gasteiger partial charge in [0.15, 0.2) is 5.69 Å². The number of carbonyl (C=O) groups excluding carboxylic acids is 1. The molecule has 2 aliphatic heterocycles. The summed E-state index contributed by atoms with van der Waals surface area (Å²) in [4.78, 5) is 23.9. The summed E-state index contributed by atoms with van der Waals surface area (Å²) in [6.07, 6.45) is -4.55. The van der Waals surface area contributed by atoms with Crippen LogP contribution < -0.4 is 15.0 Å². The molecule has 0 saturated carbocycles. The largest absolute Gasteiger partial charge is 0.436 e. The number of alkyl halides is 3. The summed E-state index contributed by atoms with van der Waals surface area (Å²) in [5, 5.41) is 11.0. The number of benzene rings is 2. The summed E-state index contributed by atoms with van der Waals surface area (Å²) in [5.41, 5.74) is 1.17. The van der Waals surface area contributed by atoms with Gasteiger partial charge < -0.3 is 19.7 Å². The van der Waals surface area contributed by atoms with Crippen molar-refractivity contribution in [3.8, 4) is 11.6 Å². The summed E-state index contributed by atoms with van der Waals surface area (Å²) < 4.78 is 50.7. The summed E-state index contributed by atoms with van der Waals surface area (Å²) in [5.74, 6) is 0.429. The Labute approximate surface area is 210 Å². The zero-order valence-corrected chi connectivity index (χ0v) is 20.0. The number of morpholine rings is 1. The van der Waals surface area contributed by atoms with Gasteiger partial charge in [-0.1, -0.05) is 12.1 Å². The molecule has 1 amide bonds. The van der Waals surface area contributed by atoms with Crippen LogP contribution in [0.3, 0.4) is 0 Å². The Morgan fingerprint density at radius 2 is 1.92 bits per heavy atom. The van der Waals surface area contributed by atoms with E-state index in [-0.39, 0.29) is 17.5 Å². The normalized spacial score (nSPS) is 17.0. The molecule has 2 aromatic carbocycles. The summed E-state index contributed by atoms with van der Waals surface area (Å²) in [6.45, 7) is 6.10. The maximum absolute atomic E-state index is 13.0. The van der Waals surface area contributed by atoms with Crippen LogP contribution in [-0.4, -0.2) is 42.2 Å². The van der Waals surface area contributed by atoms with Gasteiger partial charge in [-0.3, -0.25) is 4.79 Å². The Bertz CT molecular complexity index is 1370. The van der Waals surface area contributed by atoms with Gasteiger partial charge >= 0.3 is 6.18 Å². The van der Waals surface area contributed by atoms with Gasteiger partial charge in [0.1, 0.15) is 17.5 Å². The number of hydrogen-bond acceptors (Lipinski definition) is 8. The van der Waals surface area contributed by atoms with Gasteiger partial charge in [0.25, 0.3) is 11.8 Å². The van der Waals surface area contributed by atoms with Gasteiger partial charge in [-0.15, -0.1) is 5.11 Å². The Hall–Kier alpha value is -4.06.